The molecular weight excluding hydrogens is 305 g/mol. The Balaban J connectivity index is 1.63. The average molecular weight is 327 g/mol. The van der Waals surface area contributed by atoms with Gasteiger partial charge in [-0.25, -0.2) is 4.39 Å². The van der Waals surface area contributed by atoms with E-state index in [-0.39, 0.29) is 11.9 Å². The summed E-state index contributed by atoms with van der Waals surface area (Å²) in [6.07, 6.45) is 1.87. The molecule has 1 fully saturated rings. The fourth-order valence-corrected chi connectivity index (χ4v) is 3.76. The summed E-state index contributed by atoms with van der Waals surface area (Å²) < 4.78 is 19.4. The first kappa shape index (κ1) is 15.6. The fourth-order valence-electron chi connectivity index (χ4n) is 3.76. The van der Waals surface area contributed by atoms with E-state index in [0.29, 0.717) is 12.2 Å². The second-order valence-electron chi connectivity index (χ2n) is 6.78. The van der Waals surface area contributed by atoms with Gasteiger partial charge in [-0.05, 0) is 67.7 Å². The van der Waals surface area contributed by atoms with Crippen LogP contribution in [0.15, 0.2) is 36.4 Å². The van der Waals surface area contributed by atoms with Crippen molar-refractivity contribution in [2.45, 2.75) is 31.9 Å². The number of ether oxygens (including phenoxy) is 1. The van der Waals surface area contributed by atoms with Crippen LogP contribution in [0.2, 0.25) is 0 Å². The quantitative estimate of drug-likeness (QED) is 0.913. The first-order valence-corrected chi connectivity index (χ1v) is 8.59. The standard InChI is InChI=1S/C20H22FNO2/c1-13-10-14(5-7-17(13)21)15-4-6-16-19(11-15)24-12-18(20(16)23)22-8-2-3-9-22/h4-7,10-11,18,20,23H,2-3,8-9,12H2,1H3/t18-,20-/m1/s1. The van der Waals surface area contributed by atoms with Crippen molar-refractivity contribution in [1.29, 1.82) is 0 Å². The minimum Gasteiger partial charge on any atom is -0.491 e. The second-order valence-corrected chi connectivity index (χ2v) is 6.78. The first-order valence-electron chi connectivity index (χ1n) is 8.59. The summed E-state index contributed by atoms with van der Waals surface area (Å²) in [6, 6.07) is 11.0. The monoisotopic (exact) mass is 327 g/mol. The highest BCUT2D eigenvalue weighted by Crippen LogP contribution is 2.38. The predicted molar refractivity (Wildman–Crippen MR) is 91.6 cm³/mol. The first-order chi connectivity index (χ1) is 11.6. The van der Waals surface area contributed by atoms with Gasteiger partial charge in [0.2, 0.25) is 0 Å². The molecule has 0 amide bonds. The van der Waals surface area contributed by atoms with Crippen molar-refractivity contribution in [3.05, 3.63) is 53.3 Å². The Morgan fingerprint density at radius 3 is 2.54 bits per heavy atom. The third kappa shape index (κ3) is 2.70. The van der Waals surface area contributed by atoms with E-state index in [9.17, 15) is 9.50 Å². The Labute approximate surface area is 141 Å². The number of hydrogen-bond donors (Lipinski definition) is 1. The number of rotatable bonds is 2. The largest absolute Gasteiger partial charge is 0.491 e. The zero-order valence-corrected chi connectivity index (χ0v) is 13.8. The van der Waals surface area contributed by atoms with E-state index in [0.717, 1.165) is 35.5 Å². The van der Waals surface area contributed by atoms with Crippen LogP contribution >= 0.6 is 0 Å². The molecule has 0 aliphatic carbocycles. The molecule has 0 saturated carbocycles. The number of benzene rings is 2. The maximum atomic E-state index is 13.5. The van der Waals surface area contributed by atoms with Crippen molar-refractivity contribution < 1.29 is 14.2 Å². The van der Waals surface area contributed by atoms with Crippen LogP contribution in [-0.2, 0) is 0 Å². The van der Waals surface area contributed by atoms with E-state index < -0.39 is 6.10 Å². The summed E-state index contributed by atoms with van der Waals surface area (Å²) in [5.41, 5.74) is 3.40. The molecule has 1 saturated heterocycles. The van der Waals surface area contributed by atoms with Gasteiger partial charge in [0.15, 0.2) is 0 Å². The Bertz CT molecular complexity index is 755. The van der Waals surface area contributed by atoms with Gasteiger partial charge in [0.1, 0.15) is 24.3 Å². The average Bonchev–Trinajstić information content (AvgIpc) is 3.11. The molecule has 2 heterocycles. The second kappa shape index (κ2) is 6.19. The lowest BCUT2D eigenvalue weighted by molar-refractivity contribution is 0.0140. The van der Waals surface area contributed by atoms with Crippen LogP contribution in [0.1, 0.15) is 30.1 Å². The molecular formula is C20H22FNO2. The number of aliphatic hydroxyl groups is 1. The van der Waals surface area contributed by atoms with Gasteiger partial charge in [-0.1, -0.05) is 18.2 Å². The summed E-state index contributed by atoms with van der Waals surface area (Å²) in [5.74, 6) is 0.536. The van der Waals surface area contributed by atoms with Crippen molar-refractivity contribution in [2.75, 3.05) is 19.7 Å². The highest BCUT2D eigenvalue weighted by atomic mass is 19.1. The summed E-state index contributed by atoms with van der Waals surface area (Å²) in [7, 11) is 0. The fraction of sp³-hybridized carbons (Fsp3) is 0.400. The van der Waals surface area contributed by atoms with Crippen molar-refractivity contribution in [2.24, 2.45) is 0 Å². The highest BCUT2D eigenvalue weighted by molar-refractivity contribution is 5.67. The zero-order valence-electron chi connectivity index (χ0n) is 13.8. The van der Waals surface area contributed by atoms with Crippen molar-refractivity contribution in [1.82, 2.24) is 4.90 Å². The molecule has 0 unspecified atom stereocenters. The van der Waals surface area contributed by atoms with Crippen molar-refractivity contribution in [3.63, 3.8) is 0 Å². The molecule has 2 aromatic rings. The van der Waals surface area contributed by atoms with Crippen molar-refractivity contribution >= 4 is 0 Å². The molecule has 0 aromatic heterocycles. The molecule has 126 valence electrons. The number of aryl methyl sites for hydroxylation is 1. The predicted octanol–water partition coefficient (Wildman–Crippen LogP) is 3.69. The number of halogens is 1. The summed E-state index contributed by atoms with van der Waals surface area (Å²) in [4.78, 5) is 2.32. The van der Waals surface area contributed by atoms with Crippen LogP contribution in [0.5, 0.6) is 5.75 Å². The zero-order chi connectivity index (χ0) is 16.7. The SMILES string of the molecule is Cc1cc(-c2ccc3c(c2)OC[C@@H](N2CCCC2)[C@@H]3O)ccc1F. The van der Waals surface area contributed by atoms with Crippen LogP contribution in [0, 0.1) is 12.7 Å². The van der Waals surface area contributed by atoms with Crippen LogP contribution in [0.3, 0.4) is 0 Å². The number of nitrogens with zero attached hydrogens (tertiary/aromatic N) is 1. The smallest absolute Gasteiger partial charge is 0.126 e. The molecule has 0 spiro atoms. The Kier molecular flexibility index (Phi) is 4.02. The molecule has 4 rings (SSSR count). The van der Waals surface area contributed by atoms with Gasteiger partial charge in [-0.15, -0.1) is 0 Å². The summed E-state index contributed by atoms with van der Waals surface area (Å²) in [6.45, 7) is 4.35. The number of aliphatic hydroxyl groups excluding tert-OH is 1. The topological polar surface area (TPSA) is 32.7 Å². The Morgan fingerprint density at radius 1 is 1.08 bits per heavy atom. The molecule has 4 heteroatoms. The number of likely N-dealkylation sites (tertiary alicyclic amines) is 1. The molecule has 2 aromatic carbocycles. The molecule has 1 N–H and O–H groups in total. The lowest BCUT2D eigenvalue weighted by Crippen LogP contribution is -2.44. The third-order valence-electron chi connectivity index (χ3n) is 5.21. The Morgan fingerprint density at radius 2 is 1.79 bits per heavy atom. The molecule has 0 bridgehead atoms. The molecule has 2 aliphatic rings. The van der Waals surface area contributed by atoms with Gasteiger partial charge < -0.3 is 9.84 Å². The summed E-state index contributed by atoms with van der Waals surface area (Å²) in [5, 5.41) is 10.8. The van der Waals surface area contributed by atoms with Crippen LogP contribution in [-0.4, -0.2) is 35.7 Å². The van der Waals surface area contributed by atoms with Gasteiger partial charge in [0, 0.05) is 5.56 Å². The summed E-state index contributed by atoms with van der Waals surface area (Å²) >= 11 is 0. The Hall–Kier alpha value is -1.91. The van der Waals surface area contributed by atoms with E-state index in [1.807, 2.05) is 24.3 Å². The minimum absolute atomic E-state index is 0.0407. The normalized spacial score (nSPS) is 23.8. The molecule has 2 atom stereocenters. The van der Waals surface area contributed by atoms with E-state index in [1.54, 1.807) is 13.0 Å². The van der Waals surface area contributed by atoms with Crippen LogP contribution < -0.4 is 4.74 Å². The van der Waals surface area contributed by atoms with E-state index in [4.69, 9.17) is 4.74 Å². The van der Waals surface area contributed by atoms with E-state index in [2.05, 4.69) is 4.90 Å². The van der Waals surface area contributed by atoms with Gasteiger partial charge in [-0.3, -0.25) is 4.90 Å². The van der Waals surface area contributed by atoms with Gasteiger partial charge >= 0.3 is 0 Å². The minimum atomic E-state index is -0.518. The molecule has 0 radical (unpaired) electrons. The third-order valence-corrected chi connectivity index (χ3v) is 5.21. The van der Waals surface area contributed by atoms with Gasteiger partial charge in [0.25, 0.3) is 0 Å². The van der Waals surface area contributed by atoms with E-state index >= 15 is 0 Å². The van der Waals surface area contributed by atoms with Gasteiger partial charge in [-0.2, -0.15) is 0 Å². The maximum Gasteiger partial charge on any atom is 0.126 e. The van der Waals surface area contributed by atoms with Crippen molar-refractivity contribution in [3.8, 4) is 16.9 Å². The van der Waals surface area contributed by atoms with Crippen LogP contribution in [0.25, 0.3) is 11.1 Å². The highest BCUT2D eigenvalue weighted by Gasteiger charge is 2.34. The lowest BCUT2D eigenvalue weighted by Gasteiger charge is -2.36. The van der Waals surface area contributed by atoms with Gasteiger partial charge in [0.05, 0.1) is 6.04 Å². The van der Waals surface area contributed by atoms with E-state index in [1.165, 1.54) is 18.9 Å². The lowest BCUT2D eigenvalue weighted by atomic mass is 9.94. The number of fused-ring (bicyclic) bond motifs is 1. The van der Waals surface area contributed by atoms with Crippen LogP contribution in [0.4, 0.5) is 4.39 Å². The number of hydrogen-bond acceptors (Lipinski definition) is 3. The molecule has 3 nitrogen and oxygen atoms in total. The molecule has 2 aliphatic heterocycles. The maximum absolute atomic E-state index is 13.5. The molecule has 24 heavy (non-hydrogen) atoms.